The van der Waals surface area contributed by atoms with Crippen LogP contribution in [0.3, 0.4) is 0 Å². The number of β-amino-alcohol motifs (C(OH)–C–C–N with tert-alkyl or cyclic N) is 1. The van der Waals surface area contributed by atoms with Gasteiger partial charge in [-0.15, -0.1) is 0 Å². The second-order valence-corrected chi connectivity index (χ2v) is 12.5. The predicted molar refractivity (Wildman–Crippen MR) is 154 cm³/mol. The summed E-state index contributed by atoms with van der Waals surface area (Å²) in [5.74, 6) is -1.00. The van der Waals surface area contributed by atoms with Crippen LogP contribution in [0.4, 0.5) is 0 Å². The van der Waals surface area contributed by atoms with Crippen LogP contribution in [0.15, 0.2) is 95.9 Å². The first-order valence-electron chi connectivity index (χ1n) is 12.8. The number of aliphatic hydroxyl groups is 1. The molecule has 0 aliphatic rings. The van der Waals surface area contributed by atoms with Gasteiger partial charge in [-0.3, -0.25) is 0 Å². The molecule has 204 valence electrons. The minimum atomic E-state index is -3.81. The minimum absolute atomic E-state index is 0.0558. The number of likely N-dealkylation sites (N-methyl/N-ethyl adjacent to an activating group) is 1. The van der Waals surface area contributed by atoms with Crippen molar-refractivity contribution in [2.24, 2.45) is 0 Å². The lowest BCUT2D eigenvalue weighted by Gasteiger charge is -2.29. The summed E-state index contributed by atoms with van der Waals surface area (Å²) in [6, 6.07) is 27.4. The number of aromatic carboxylic acids is 1. The maximum Gasteiger partial charge on any atom is 0.335 e. The number of hydrogen-bond donors (Lipinski definition) is 3. The fourth-order valence-corrected chi connectivity index (χ4v) is 5.79. The molecule has 3 N–H and O–H groups in total. The Kier molecular flexibility index (Phi) is 8.51. The summed E-state index contributed by atoms with van der Waals surface area (Å²) in [5.41, 5.74) is 2.61. The van der Waals surface area contributed by atoms with Gasteiger partial charge in [-0.2, -0.15) is 4.31 Å². The van der Waals surface area contributed by atoms with Gasteiger partial charge in [0.05, 0.1) is 16.6 Å². The number of rotatable bonds is 11. The molecule has 0 saturated heterocycles. The molecular weight excluding hydrogens is 512 g/mol. The molecule has 0 saturated carbocycles. The van der Waals surface area contributed by atoms with Crippen molar-refractivity contribution in [3.8, 4) is 11.1 Å². The zero-order valence-electron chi connectivity index (χ0n) is 22.3. The van der Waals surface area contributed by atoms with E-state index in [-0.39, 0.29) is 29.1 Å². The van der Waals surface area contributed by atoms with E-state index in [1.807, 2.05) is 12.1 Å². The van der Waals surface area contributed by atoms with Gasteiger partial charge in [0.1, 0.15) is 0 Å². The molecule has 0 aliphatic carbocycles. The predicted octanol–water partition coefficient (Wildman–Crippen LogP) is 4.80. The summed E-state index contributed by atoms with van der Waals surface area (Å²) in [6.45, 7) is 4.31. The lowest BCUT2D eigenvalue weighted by molar-refractivity contribution is 0.0697. The van der Waals surface area contributed by atoms with Gasteiger partial charge in [-0.1, -0.05) is 66.7 Å². The Labute approximate surface area is 229 Å². The lowest BCUT2D eigenvalue weighted by atomic mass is 9.93. The summed E-state index contributed by atoms with van der Waals surface area (Å²) in [6.07, 6.45) is -0.142. The number of hydrogen-bond acceptors (Lipinski definition) is 5. The molecule has 8 heteroatoms. The highest BCUT2D eigenvalue weighted by Crippen LogP contribution is 2.24. The molecule has 1 atom stereocenters. The molecule has 0 bridgehead atoms. The zero-order valence-corrected chi connectivity index (χ0v) is 23.2. The average molecular weight is 547 g/mol. The van der Waals surface area contributed by atoms with Crippen molar-refractivity contribution in [3.05, 3.63) is 102 Å². The van der Waals surface area contributed by atoms with Crippen molar-refractivity contribution >= 4 is 26.8 Å². The van der Waals surface area contributed by atoms with E-state index in [4.69, 9.17) is 5.11 Å². The van der Waals surface area contributed by atoms with E-state index in [1.54, 1.807) is 24.3 Å². The van der Waals surface area contributed by atoms with Gasteiger partial charge < -0.3 is 15.5 Å². The van der Waals surface area contributed by atoms with Gasteiger partial charge in [-0.25, -0.2) is 13.2 Å². The molecule has 7 nitrogen and oxygen atoms in total. The highest BCUT2D eigenvalue weighted by Gasteiger charge is 2.25. The van der Waals surface area contributed by atoms with E-state index in [2.05, 4.69) is 49.5 Å². The van der Waals surface area contributed by atoms with Crippen LogP contribution in [-0.4, -0.2) is 60.7 Å². The Bertz CT molecular complexity index is 1550. The molecule has 4 rings (SSSR count). The van der Waals surface area contributed by atoms with Crippen LogP contribution in [0.2, 0.25) is 0 Å². The van der Waals surface area contributed by atoms with Crippen molar-refractivity contribution in [1.82, 2.24) is 9.62 Å². The van der Waals surface area contributed by atoms with Crippen LogP contribution in [0.5, 0.6) is 0 Å². The normalized spacial score (nSPS) is 13.1. The summed E-state index contributed by atoms with van der Waals surface area (Å²) in [7, 11) is -2.35. The van der Waals surface area contributed by atoms with E-state index < -0.39 is 22.1 Å². The molecule has 4 aromatic rings. The number of benzene rings is 4. The van der Waals surface area contributed by atoms with E-state index in [1.165, 1.54) is 47.6 Å². The Hall–Kier alpha value is -3.56. The first kappa shape index (κ1) is 28.4. The number of carbonyl (C=O) groups is 1. The molecule has 4 aromatic carbocycles. The number of aliphatic hydroxyl groups excluding tert-OH is 1. The topological polar surface area (TPSA) is 107 Å². The van der Waals surface area contributed by atoms with Crippen LogP contribution in [0.25, 0.3) is 21.9 Å². The van der Waals surface area contributed by atoms with Crippen molar-refractivity contribution < 1.29 is 23.4 Å². The highest BCUT2D eigenvalue weighted by molar-refractivity contribution is 7.89. The van der Waals surface area contributed by atoms with E-state index in [0.717, 1.165) is 21.9 Å². The lowest BCUT2D eigenvalue weighted by Crippen LogP contribution is -2.47. The summed E-state index contributed by atoms with van der Waals surface area (Å²) < 4.78 is 27.4. The van der Waals surface area contributed by atoms with Gasteiger partial charge in [0.15, 0.2) is 0 Å². The largest absolute Gasteiger partial charge is 0.478 e. The molecular formula is C31H34N2O5S. The van der Waals surface area contributed by atoms with Crippen molar-refractivity contribution in [3.63, 3.8) is 0 Å². The summed E-state index contributed by atoms with van der Waals surface area (Å²) in [4.78, 5) is 11.2. The molecule has 0 heterocycles. The summed E-state index contributed by atoms with van der Waals surface area (Å²) in [5, 5.41) is 25.5. The quantitative estimate of drug-likeness (QED) is 0.250. The number of nitrogens with one attached hydrogen (secondary N) is 1. The number of nitrogens with zero attached hydrogens (tertiary/aromatic N) is 1. The molecule has 0 aromatic heterocycles. The smallest absolute Gasteiger partial charge is 0.335 e. The fourth-order valence-electron chi connectivity index (χ4n) is 4.58. The molecule has 0 spiro atoms. The standard InChI is InChI=1S/C31H34N2O5S/c1-31(2,19-22-8-9-23-6-4-5-7-27(23)18-22)32-20-28(34)21-33(3)39(37,38)29-16-14-25(15-17-29)24-10-12-26(13-11-24)30(35)36/h4-18,28,32,34H,19-21H2,1-3H3,(H,35,36). The second-order valence-electron chi connectivity index (χ2n) is 10.5. The Morgan fingerprint density at radius 3 is 2.10 bits per heavy atom. The average Bonchev–Trinajstić information content (AvgIpc) is 2.92. The number of carboxylic acid groups (broad SMARTS) is 1. The molecule has 0 amide bonds. The monoisotopic (exact) mass is 546 g/mol. The summed E-state index contributed by atoms with van der Waals surface area (Å²) >= 11 is 0. The number of sulfonamides is 1. The highest BCUT2D eigenvalue weighted by atomic mass is 32.2. The van der Waals surface area contributed by atoms with Gasteiger partial charge in [0.2, 0.25) is 10.0 Å². The van der Waals surface area contributed by atoms with Crippen molar-refractivity contribution in [2.45, 2.75) is 36.8 Å². The third kappa shape index (κ3) is 7.10. The first-order valence-corrected chi connectivity index (χ1v) is 14.2. The van der Waals surface area contributed by atoms with Gasteiger partial charge in [0, 0.05) is 25.7 Å². The molecule has 0 fully saturated rings. The fraction of sp³-hybridized carbons (Fsp3) is 0.258. The number of fused-ring (bicyclic) bond motifs is 1. The van der Waals surface area contributed by atoms with Crippen LogP contribution >= 0.6 is 0 Å². The maximum absolute atomic E-state index is 13.1. The van der Waals surface area contributed by atoms with Crippen LogP contribution in [-0.2, 0) is 16.4 Å². The van der Waals surface area contributed by atoms with E-state index >= 15 is 0 Å². The minimum Gasteiger partial charge on any atom is -0.478 e. The van der Waals surface area contributed by atoms with Crippen molar-refractivity contribution in [1.29, 1.82) is 0 Å². The first-order chi connectivity index (χ1) is 18.4. The van der Waals surface area contributed by atoms with Gasteiger partial charge >= 0.3 is 5.97 Å². The SMILES string of the molecule is CN(CC(O)CNC(C)(C)Cc1ccc2ccccc2c1)S(=O)(=O)c1ccc(-c2ccc(C(=O)O)cc2)cc1. The molecule has 0 aliphatic heterocycles. The Morgan fingerprint density at radius 1 is 0.897 bits per heavy atom. The van der Waals surface area contributed by atoms with Gasteiger partial charge in [-0.05, 0) is 72.0 Å². The number of carboxylic acids is 1. The molecule has 39 heavy (non-hydrogen) atoms. The zero-order chi connectivity index (χ0) is 28.2. The van der Waals surface area contributed by atoms with Crippen LogP contribution in [0, 0.1) is 0 Å². The van der Waals surface area contributed by atoms with Crippen molar-refractivity contribution in [2.75, 3.05) is 20.1 Å². The van der Waals surface area contributed by atoms with Crippen LogP contribution in [0.1, 0.15) is 29.8 Å². The Morgan fingerprint density at radius 2 is 1.49 bits per heavy atom. The second kappa shape index (κ2) is 11.7. The molecule has 0 radical (unpaired) electrons. The van der Waals surface area contributed by atoms with E-state index in [9.17, 15) is 18.3 Å². The third-order valence-corrected chi connectivity index (χ3v) is 8.61. The maximum atomic E-state index is 13.1. The van der Waals surface area contributed by atoms with Gasteiger partial charge in [0.25, 0.3) is 0 Å². The third-order valence-electron chi connectivity index (χ3n) is 6.77. The van der Waals surface area contributed by atoms with E-state index in [0.29, 0.717) is 0 Å². The Balaban J connectivity index is 1.33. The molecule has 1 unspecified atom stereocenters. The van der Waals surface area contributed by atoms with Crippen LogP contribution < -0.4 is 5.32 Å².